The molecule has 0 saturated carbocycles. The molecule has 8 nitrogen and oxygen atoms in total. The van der Waals surface area contributed by atoms with Crippen molar-refractivity contribution in [3.05, 3.63) is 51.7 Å². The lowest BCUT2D eigenvalue weighted by molar-refractivity contribution is -0.132. The van der Waals surface area contributed by atoms with Gasteiger partial charge in [0.05, 0.1) is 35.8 Å². The van der Waals surface area contributed by atoms with Crippen LogP contribution in [0.1, 0.15) is 48.7 Å². The molecule has 1 aromatic carbocycles. The van der Waals surface area contributed by atoms with Crippen LogP contribution in [0.3, 0.4) is 0 Å². The minimum absolute atomic E-state index is 0.0784. The fourth-order valence-electron chi connectivity index (χ4n) is 4.67. The van der Waals surface area contributed by atoms with E-state index < -0.39 is 0 Å². The standard InChI is InChI=1S/C23H28N6O2/c1-16-19(17(2)28(26-16)13-5-12-24)8-9-22(30)27-14-10-18(11-15-27)29-21-7-4-3-6-20(21)25-23(29)31/h3-4,6-7,18H,5,8-11,13-15H2,1-2H3,(H,25,31). The van der Waals surface area contributed by atoms with Gasteiger partial charge < -0.3 is 9.88 Å². The number of carbonyl (C=O) groups is 1. The van der Waals surface area contributed by atoms with E-state index in [9.17, 15) is 9.59 Å². The summed E-state index contributed by atoms with van der Waals surface area (Å²) in [5.41, 5.74) is 4.78. The smallest absolute Gasteiger partial charge is 0.326 e. The number of hydrogen-bond acceptors (Lipinski definition) is 4. The van der Waals surface area contributed by atoms with E-state index in [0.29, 0.717) is 38.9 Å². The van der Waals surface area contributed by atoms with Crippen molar-refractivity contribution in [2.24, 2.45) is 0 Å². The summed E-state index contributed by atoms with van der Waals surface area (Å²) < 4.78 is 3.71. The average Bonchev–Trinajstić information content (AvgIpc) is 3.25. The average molecular weight is 421 g/mol. The summed E-state index contributed by atoms with van der Waals surface area (Å²) in [7, 11) is 0. The van der Waals surface area contributed by atoms with Gasteiger partial charge in [0.25, 0.3) is 0 Å². The maximum absolute atomic E-state index is 12.8. The Morgan fingerprint density at radius 1 is 1.26 bits per heavy atom. The summed E-state index contributed by atoms with van der Waals surface area (Å²) in [6.45, 7) is 5.86. The zero-order valence-electron chi connectivity index (χ0n) is 18.1. The number of imidazole rings is 1. The SMILES string of the molecule is Cc1nn(CCC#N)c(C)c1CCC(=O)N1CCC(n2c(=O)[nH]c3ccccc32)CC1. The second kappa shape index (κ2) is 8.80. The normalized spacial score (nSPS) is 14.8. The Labute approximate surface area is 181 Å². The summed E-state index contributed by atoms with van der Waals surface area (Å²) in [5.74, 6) is 0.147. The van der Waals surface area contributed by atoms with E-state index in [0.717, 1.165) is 40.8 Å². The highest BCUT2D eigenvalue weighted by molar-refractivity contribution is 5.77. The molecule has 1 fully saturated rings. The lowest BCUT2D eigenvalue weighted by Crippen LogP contribution is -2.40. The van der Waals surface area contributed by atoms with Crippen molar-refractivity contribution in [1.82, 2.24) is 24.2 Å². The number of rotatable bonds is 6. The first-order valence-corrected chi connectivity index (χ1v) is 10.9. The van der Waals surface area contributed by atoms with Gasteiger partial charge >= 0.3 is 5.69 Å². The van der Waals surface area contributed by atoms with Gasteiger partial charge in [0.2, 0.25) is 5.91 Å². The predicted octanol–water partition coefficient (Wildman–Crippen LogP) is 2.85. The summed E-state index contributed by atoms with van der Waals surface area (Å²) in [6.07, 6.45) is 3.08. The zero-order valence-corrected chi connectivity index (χ0v) is 18.1. The Bertz CT molecular complexity index is 1190. The molecule has 0 radical (unpaired) electrons. The number of benzene rings is 1. The van der Waals surface area contributed by atoms with Gasteiger partial charge in [-0.1, -0.05) is 12.1 Å². The van der Waals surface area contributed by atoms with E-state index in [1.54, 1.807) is 0 Å². The number of aromatic amines is 1. The van der Waals surface area contributed by atoms with Crippen LogP contribution in [0.4, 0.5) is 0 Å². The number of aromatic nitrogens is 4. The van der Waals surface area contributed by atoms with Crippen molar-refractivity contribution in [3.63, 3.8) is 0 Å². The molecule has 1 N–H and O–H groups in total. The van der Waals surface area contributed by atoms with Crippen LogP contribution in [-0.2, 0) is 17.8 Å². The molecule has 0 bridgehead atoms. The zero-order chi connectivity index (χ0) is 22.0. The van der Waals surface area contributed by atoms with E-state index >= 15 is 0 Å². The number of likely N-dealkylation sites (tertiary alicyclic amines) is 1. The third-order valence-electron chi connectivity index (χ3n) is 6.36. The quantitative estimate of drug-likeness (QED) is 0.663. The number of aryl methyl sites for hydroxylation is 2. The van der Waals surface area contributed by atoms with Gasteiger partial charge in [0.15, 0.2) is 0 Å². The predicted molar refractivity (Wildman–Crippen MR) is 118 cm³/mol. The van der Waals surface area contributed by atoms with Crippen LogP contribution in [0.25, 0.3) is 11.0 Å². The van der Waals surface area contributed by atoms with Crippen LogP contribution in [0.5, 0.6) is 0 Å². The number of amides is 1. The molecule has 8 heteroatoms. The molecule has 1 aliphatic heterocycles. The Kier molecular flexibility index (Phi) is 5.94. The largest absolute Gasteiger partial charge is 0.343 e. The first kappa shape index (κ1) is 20.9. The molecule has 3 heterocycles. The highest BCUT2D eigenvalue weighted by Crippen LogP contribution is 2.25. The Morgan fingerprint density at radius 2 is 2.00 bits per heavy atom. The number of fused-ring (bicyclic) bond motifs is 1. The number of nitrogens with one attached hydrogen (secondary N) is 1. The van der Waals surface area contributed by atoms with Crippen molar-refractivity contribution in [1.29, 1.82) is 5.26 Å². The third kappa shape index (κ3) is 4.13. The Hall–Kier alpha value is -3.34. The molecular formula is C23H28N6O2. The first-order chi connectivity index (χ1) is 15.0. The number of nitriles is 1. The molecule has 0 atom stereocenters. The van der Waals surface area contributed by atoms with Crippen molar-refractivity contribution in [2.75, 3.05) is 13.1 Å². The van der Waals surface area contributed by atoms with Gasteiger partial charge in [-0.25, -0.2) is 4.79 Å². The van der Waals surface area contributed by atoms with Crippen LogP contribution in [0.15, 0.2) is 29.1 Å². The van der Waals surface area contributed by atoms with Crippen molar-refractivity contribution in [3.8, 4) is 6.07 Å². The highest BCUT2D eigenvalue weighted by atomic mass is 16.2. The monoisotopic (exact) mass is 420 g/mol. The number of nitrogens with zero attached hydrogens (tertiary/aromatic N) is 5. The molecule has 31 heavy (non-hydrogen) atoms. The second-order valence-electron chi connectivity index (χ2n) is 8.21. The maximum atomic E-state index is 12.8. The molecular weight excluding hydrogens is 392 g/mol. The van der Waals surface area contributed by atoms with Gasteiger partial charge in [0.1, 0.15) is 0 Å². The topological polar surface area (TPSA) is 99.7 Å². The lowest BCUT2D eigenvalue weighted by atomic mass is 10.0. The second-order valence-corrected chi connectivity index (χ2v) is 8.21. The van der Waals surface area contributed by atoms with Crippen LogP contribution >= 0.6 is 0 Å². The lowest BCUT2D eigenvalue weighted by Gasteiger charge is -2.32. The number of hydrogen-bond donors (Lipinski definition) is 1. The van der Waals surface area contributed by atoms with Crippen molar-refractivity contribution < 1.29 is 4.79 Å². The number of H-pyrrole nitrogens is 1. The molecule has 1 aliphatic rings. The Morgan fingerprint density at radius 3 is 2.74 bits per heavy atom. The Balaban J connectivity index is 1.36. The van der Waals surface area contributed by atoms with Crippen LogP contribution in [0, 0.1) is 25.2 Å². The minimum Gasteiger partial charge on any atom is -0.343 e. The van der Waals surface area contributed by atoms with Gasteiger partial charge in [-0.2, -0.15) is 10.4 Å². The van der Waals surface area contributed by atoms with Gasteiger partial charge in [-0.05, 0) is 50.8 Å². The summed E-state index contributed by atoms with van der Waals surface area (Å²) >= 11 is 0. The highest BCUT2D eigenvalue weighted by Gasteiger charge is 2.26. The summed E-state index contributed by atoms with van der Waals surface area (Å²) in [4.78, 5) is 30.1. The molecule has 1 amide bonds. The molecule has 4 rings (SSSR count). The number of carbonyl (C=O) groups excluding carboxylic acids is 1. The van der Waals surface area contributed by atoms with E-state index in [1.165, 1.54) is 0 Å². The molecule has 162 valence electrons. The fraction of sp³-hybridized carbons (Fsp3) is 0.478. The molecule has 0 spiro atoms. The third-order valence-corrected chi connectivity index (χ3v) is 6.36. The fourth-order valence-corrected chi connectivity index (χ4v) is 4.67. The van der Waals surface area contributed by atoms with Gasteiger partial charge in [0, 0.05) is 31.2 Å². The summed E-state index contributed by atoms with van der Waals surface area (Å²) in [6, 6.07) is 9.99. The number of para-hydroxylation sites is 2. The van der Waals surface area contributed by atoms with Crippen LogP contribution in [0.2, 0.25) is 0 Å². The van der Waals surface area contributed by atoms with Crippen molar-refractivity contribution >= 4 is 16.9 Å². The van der Waals surface area contributed by atoms with E-state index in [2.05, 4.69) is 16.2 Å². The molecule has 1 saturated heterocycles. The van der Waals surface area contributed by atoms with Crippen molar-refractivity contribution in [2.45, 2.75) is 58.5 Å². The minimum atomic E-state index is -0.0784. The van der Waals surface area contributed by atoms with E-state index in [4.69, 9.17) is 5.26 Å². The van der Waals surface area contributed by atoms with Gasteiger partial charge in [-0.3, -0.25) is 14.0 Å². The van der Waals surface area contributed by atoms with Gasteiger partial charge in [-0.15, -0.1) is 0 Å². The number of piperidine rings is 1. The van der Waals surface area contributed by atoms with Crippen LogP contribution in [-0.4, -0.2) is 43.2 Å². The molecule has 2 aromatic heterocycles. The van der Waals surface area contributed by atoms with Crippen LogP contribution < -0.4 is 5.69 Å². The van der Waals surface area contributed by atoms with E-state index in [1.807, 2.05) is 52.3 Å². The summed E-state index contributed by atoms with van der Waals surface area (Å²) in [5, 5.41) is 13.3. The maximum Gasteiger partial charge on any atom is 0.326 e. The molecule has 0 unspecified atom stereocenters. The van der Waals surface area contributed by atoms with E-state index in [-0.39, 0.29) is 17.6 Å². The molecule has 0 aliphatic carbocycles. The first-order valence-electron chi connectivity index (χ1n) is 10.9. The molecule has 3 aromatic rings.